The fraction of sp³-hybridized carbons (Fsp3) is 0.250. The van der Waals surface area contributed by atoms with Gasteiger partial charge in [0.15, 0.2) is 6.61 Å². The van der Waals surface area contributed by atoms with Gasteiger partial charge in [-0.25, -0.2) is 9.18 Å². The van der Waals surface area contributed by atoms with Crippen molar-refractivity contribution in [2.75, 3.05) is 13.2 Å². The Balaban J connectivity index is 2.47. The highest BCUT2D eigenvalue weighted by atomic mass is 79.9. The number of halogens is 2. The second-order valence-corrected chi connectivity index (χ2v) is 4.37. The van der Waals surface area contributed by atoms with E-state index in [9.17, 15) is 14.0 Å². The maximum atomic E-state index is 13.4. The second kappa shape index (κ2) is 7.48. The molecule has 0 heterocycles. The number of hydrogen-bond donors (Lipinski definition) is 1. The van der Waals surface area contributed by atoms with Crippen molar-refractivity contribution in [3.8, 4) is 6.07 Å². The monoisotopic (exact) mass is 328 g/mol. The van der Waals surface area contributed by atoms with Crippen LogP contribution in [-0.2, 0) is 9.53 Å². The minimum Gasteiger partial charge on any atom is -0.452 e. The van der Waals surface area contributed by atoms with Gasteiger partial charge in [0.05, 0.1) is 18.1 Å². The minimum absolute atomic E-state index is 0.168. The SMILES string of the molecule is N#CCCNC(=O)COC(=O)c1ccc(Br)cc1F. The summed E-state index contributed by atoms with van der Waals surface area (Å²) in [5.74, 6) is -2.19. The molecule has 7 heteroatoms. The quantitative estimate of drug-likeness (QED) is 0.660. The molecule has 1 rings (SSSR count). The second-order valence-electron chi connectivity index (χ2n) is 3.46. The van der Waals surface area contributed by atoms with E-state index >= 15 is 0 Å². The Morgan fingerprint density at radius 1 is 1.47 bits per heavy atom. The highest BCUT2D eigenvalue weighted by molar-refractivity contribution is 9.10. The molecule has 1 amide bonds. The van der Waals surface area contributed by atoms with Gasteiger partial charge in [0.2, 0.25) is 0 Å². The zero-order valence-electron chi connectivity index (χ0n) is 9.78. The van der Waals surface area contributed by atoms with Crippen molar-refractivity contribution in [2.45, 2.75) is 6.42 Å². The van der Waals surface area contributed by atoms with E-state index in [-0.39, 0.29) is 18.5 Å². The van der Waals surface area contributed by atoms with E-state index in [1.807, 2.05) is 6.07 Å². The third-order valence-corrected chi connectivity index (χ3v) is 2.54. The fourth-order valence-corrected chi connectivity index (χ4v) is 1.51. The number of nitrogens with one attached hydrogen (secondary N) is 1. The summed E-state index contributed by atoms with van der Waals surface area (Å²) in [6.07, 6.45) is 0.168. The topological polar surface area (TPSA) is 79.2 Å². The lowest BCUT2D eigenvalue weighted by Crippen LogP contribution is -2.29. The summed E-state index contributed by atoms with van der Waals surface area (Å²) in [5.41, 5.74) is -0.243. The lowest BCUT2D eigenvalue weighted by molar-refractivity contribution is -0.124. The minimum atomic E-state index is -0.916. The number of rotatable bonds is 5. The van der Waals surface area contributed by atoms with Crippen molar-refractivity contribution in [1.29, 1.82) is 5.26 Å². The van der Waals surface area contributed by atoms with Crippen molar-refractivity contribution in [1.82, 2.24) is 5.32 Å². The van der Waals surface area contributed by atoms with Gasteiger partial charge in [-0.1, -0.05) is 15.9 Å². The van der Waals surface area contributed by atoms with Crippen LogP contribution in [0.4, 0.5) is 4.39 Å². The number of nitriles is 1. The number of carbonyl (C=O) groups excluding carboxylic acids is 2. The summed E-state index contributed by atoms with van der Waals surface area (Å²) in [5, 5.41) is 10.6. The van der Waals surface area contributed by atoms with E-state index in [4.69, 9.17) is 5.26 Å². The van der Waals surface area contributed by atoms with E-state index in [1.54, 1.807) is 0 Å². The summed E-state index contributed by atoms with van der Waals surface area (Å²) in [7, 11) is 0. The smallest absolute Gasteiger partial charge is 0.341 e. The van der Waals surface area contributed by atoms with Crippen LogP contribution >= 0.6 is 15.9 Å². The fourth-order valence-electron chi connectivity index (χ4n) is 1.17. The van der Waals surface area contributed by atoms with Crippen LogP contribution in [0.15, 0.2) is 22.7 Å². The molecule has 0 saturated carbocycles. The number of esters is 1. The third-order valence-electron chi connectivity index (χ3n) is 2.04. The van der Waals surface area contributed by atoms with Crippen LogP contribution in [0.5, 0.6) is 0 Å². The molecule has 1 aromatic rings. The molecule has 0 unspecified atom stereocenters. The number of nitrogens with zero attached hydrogens (tertiary/aromatic N) is 1. The molecule has 0 saturated heterocycles. The molecule has 0 aliphatic heterocycles. The van der Waals surface area contributed by atoms with Crippen LogP contribution in [-0.4, -0.2) is 25.0 Å². The molecule has 0 atom stereocenters. The standard InChI is InChI=1S/C12H10BrFN2O3/c13-8-2-3-9(10(14)6-8)12(18)19-7-11(17)16-5-1-4-15/h2-3,6H,1,5,7H2,(H,16,17). The molecule has 0 fully saturated rings. The Morgan fingerprint density at radius 2 is 2.21 bits per heavy atom. The normalized spacial score (nSPS) is 9.53. The van der Waals surface area contributed by atoms with Gasteiger partial charge in [-0.3, -0.25) is 4.79 Å². The van der Waals surface area contributed by atoms with Crippen LogP contribution in [0.3, 0.4) is 0 Å². The van der Waals surface area contributed by atoms with Crippen molar-refractivity contribution >= 4 is 27.8 Å². The van der Waals surface area contributed by atoms with Crippen molar-refractivity contribution < 1.29 is 18.7 Å². The Bertz CT molecular complexity index is 528. The first-order valence-electron chi connectivity index (χ1n) is 5.30. The van der Waals surface area contributed by atoms with E-state index < -0.39 is 24.3 Å². The Morgan fingerprint density at radius 3 is 2.84 bits per heavy atom. The van der Waals surface area contributed by atoms with Gasteiger partial charge < -0.3 is 10.1 Å². The molecule has 1 N–H and O–H groups in total. The summed E-state index contributed by atoms with van der Waals surface area (Å²) in [4.78, 5) is 22.7. The van der Waals surface area contributed by atoms with Gasteiger partial charge in [-0.15, -0.1) is 0 Å². The zero-order valence-corrected chi connectivity index (χ0v) is 11.4. The van der Waals surface area contributed by atoms with E-state index in [2.05, 4.69) is 26.0 Å². The number of carbonyl (C=O) groups is 2. The molecule has 19 heavy (non-hydrogen) atoms. The summed E-state index contributed by atoms with van der Waals surface area (Å²) < 4.78 is 18.6. The average molecular weight is 329 g/mol. The lowest BCUT2D eigenvalue weighted by atomic mass is 10.2. The Hall–Kier alpha value is -1.94. The number of hydrogen-bond acceptors (Lipinski definition) is 4. The molecule has 0 radical (unpaired) electrons. The number of benzene rings is 1. The van der Waals surface area contributed by atoms with Gasteiger partial charge in [0.25, 0.3) is 5.91 Å². The molecule has 0 aromatic heterocycles. The van der Waals surface area contributed by atoms with Crippen LogP contribution in [0.1, 0.15) is 16.8 Å². The van der Waals surface area contributed by atoms with Gasteiger partial charge in [0, 0.05) is 11.0 Å². The average Bonchev–Trinajstić information content (AvgIpc) is 2.36. The maximum Gasteiger partial charge on any atom is 0.341 e. The van der Waals surface area contributed by atoms with Gasteiger partial charge in [0.1, 0.15) is 5.82 Å². The van der Waals surface area contributed by atoms with Gasteiger partial charge in [-0.05, 0) is 18.2 Å². The molecular weight excluding hydrogens is 319 g/mol. The van der Waals surface area contributed by atoms with Crippen molar-refractivity contribution in [2.24, 2.45) is 0 Å². The number of amides is 1. The first kappa shape index (κ1) is 15.1. The first-order chi connectivity index (χ1) is 9.04. The predicted molar refractivity (Wildman–Crippen MR) is 67.6 cm³/mol. The molecule has 0 aliphatic carbocycles. The summed E-state index contributed by atoms with van der Waals surface area (Å²) in [6.45, 7) is -0.334. The van der Waals surface area contributed by atoms with E-state index in [1.165, 1.54) is 12.1 Å². The van der Waals surface area contributed by atoms with Crippen LogP contribution in [0.25, 0.3) is 0 Å². The predicted octanol–water partition coefficient (Wildman–Crippen LogP) is 1.77. The Labute approximate surface area is 117 Å². The van der Waals surface area contributed by atoms with E-state index in [0.717, 1.165) is 6.07 Å². The Kier molecular flexibility index (Phi) is 5.96. The largest absolute Gasteiger partial charge is 0.452 e. The van der Waals surface area contributed by atoms with Crippen LogP contribution in [0, 0.1) is 17.1 Å². The van der Waals surface area contributed by atoms with Crippen LogP contribution < -0.4 is 5.32 Å². The lowest BCUT2D eigenvalue weighted by Gasteiger charge is -2.06. The zero-order chi connectivity index (χ0) is 14.3. The molecule has 0 spiro atoms. The molecule has 0 bridgehead atoms. The molecule has 5 nitrogen and oxygen atoms in total. The highest BCUT2D eigenvalue weighted by Crippen LogP contribution is 2.15. The maximum absolute atomic E-state index is 13.4. The van der Waals surface area contributed by atoms with Crippen molar-refractivity contribution in [3.63, 3.8) is 0 Å². The third kappa shape index (κ3) is 5.06. The van der Waals surface area contributed by atoms with E-state index in [0.29, 0.717) is 4.47 Å². The van der Waals surface area contributed by atoms with Crippen LogP contribution in [0.2, 0.25) is 0 Å². The first-order valence-corrected chi connectivity index (χ1v) is 6.09. The number of ether oxygens (including phenoxy) is 1. The molecule has 0 aliphatic rings. The highest BCUT2D eigenvalue weighted by Gasteiger charge is 2.14. The van der Waals surface area contributed by atoms with Gasteiger partial charge >= 0.3 is 5.97 Å². The molecule has 100 valence electrons. The molecular formula is C12H10BrFN2O3. The summed E-state index contributed by atoms with van der Waals surface area (Å²) in [6, 6.07) is 5.73. The van der Waals surface area contributed by atoms with Crippen molar-refractivity contribution in [3.05, 3.63) is 34.1 Å². The summed E-state index contributed by atoms with van der Waals surface area (Å²) >= 11 is 3.06. The molecule has 1 aromatic carbocycles. The van der Waals surface area contributed by atoms with Gasteiger partial charge in [-0.2, -0.15) is 5.26 Å².